The Labute approximate surface area is 277 Å². The molecule has 2 N–H and O–H groups in total. The average Bonchev–Trinajstić information content (AvgIpc) is 3.71. The lowest BCUT2D eigenvalue weighted by atomic mass is 9.76. The minimum Gasteiger partial charge on any atom is -0.382 e. The van der Waals surface area contributed by atoms with Crippen molar-refractivity contribution >= 4 is 29.1 Å². The molecule has 1 saturated carbocycles. The summed E-state index contributed by atoms with van der Waals surface area (Å²) in [6, 6.07) is 14.5. The van der Waals surface area contributed by atoms with E-state index in [4.69, 9.17) is 0 Å². The van der Waals surface area contributed by atoms with Crippen molar-refractivity contribution in [3.8, 4) is 0 Å². The lowest BCUT2D eigenvalue weighted by Crippen LogP contribution is -2.55. The molecule has 3 aliphatic rings. The third-order valence-corrected chi connectivity index (χ3v) is 10.2. The van der Waals surface area contributed by atoms with Gasteiger partial charge >= 0.3 is 6.18 Å². The van der Waals surface area contributed by atoms with Crippen LogP contribution in [0.15, 0.2) is 60.7 Å². The Kier molecular flexibility index (Phi) is 9.24. The summed E-state index contributed by atoms with van der Waals surface area (Å²) in [6.07, 6.45) is 0.119. The van der Waals surface area contributed by atoms with E-state index in [0.29, 0.717) is 23.7 Å². The summed E-state index contributed by atoms with van der Waals surface area (Å²) >= 11 is 0. The van der Waals surface area contributed by atoms with Gasteiger partial charge in [-0.2, -0.15) is 13.2 Å². The molecule has 1 aliphatic carbocycles. The first-order valence-corrected chi connectivity index (χ1v) is 16.5. The lowest BCUT2D eigenvalue weighted by Gasteiger charge is -2.47. The Morgan fingerprint density at radius 3 is 2.21 bits per heavy atom. The highest BCUT2D eigenvalue weighted by Crippen LogP contribution is 2.46. The second kappa shape index (κ2) is 13.2. The van der Waals surface area contributed by atoms with Crippen LogP contribution in [0, 0.1) is 31.5 Å². The number of amides is 3. The highest BCUT2D eigenvalue weighted by Gasteiger charge is 2.52. The largest absolute Gasteiger partial charge is 0.416 e. The summed E-state index contributed by atoms with van der Waals surface area (Å²) in [7, 11) is 0. The monoisotopic (exact) mass is 664 g/mol. The first kappa shape index (κ1) is 33.5. The van der Waals surface area contributed by atoms with Crippen LogP contribution in [0.5, 0.6) is 0 Å². The van der Waals surface area contributed by atoms with Gasteiger partial charge in [0.15, 0.2) is 0 Å². The van der Waals surface area contributed by atoms with Crippen molar-refractivity contribution in [2.75, 3.05) is 23.7 Å². The number of nitrogens with zero attached hydrogens (tertiary/aromatic N) is 2. The van der Waals surface area contributed by atoms with Crippen LogP contribution >= 0.6 is 0 Å². The van der Waals surface area contributed by atoms with Crippen molar-refractivity contribution in [2.45, 2.75) is 77.2 Å². The zero-order valence-electron chi connectivity index (χ0n) is 27.2. The van der Waals surface area contributed by atoms with Crippen LogP contribution in [-0.2, 0) is 15.8 Å². The fourth-order valence-corrected chi connectivity index (χ4v) is 7.79. The van der Waals surface area contributed by atoms with E-state index in [1.807, 2.05) is 24.3 Å². The van der Waals surface area contributed by atoms with Crippen LogP contribution in [0.4, 0.5) is 28.9 Å². The van der Waals surface area contributed by atoms with E-state index in [1.165, 1.54) is 38.1 Å². The predicted molar refractivity (Wildman–Crippen MR) is 175 cm³/mol. The van der Waals surface area contributed by atoms with Crippen molar-refractivity contribution < 1.29 is 31.9 Å². The number of hydrogen-bond donors (Lipinski definition) is 2. The second-order valence-corrected chi connectivity index (χ2v) is 13.4. The molecule has 2 saturated heterocycles. The summed E-state index contributed by atoms with van der Waals surface area (Å²) in [5.74, 6) is -3.27. The Bertz CT molecular complexity index is 1680. The molecule has 48 heavy (non-hydrogen) atoms. The lowest BCUT2D eigenvalue weighted by molar-refractivity contribution is -0.138. The number of rotatable bonds is 6. The van der Waals surface area contributed by atoms with E-state index in [0.717, 1.165) is 37.4 Å². The topological polar surface area (TPSA) is 81.8 Å². The summed E-state index contributed by atoms with van der Waals surface area (Å²) in [5, 5.41) is 6.25. The summed E-state index contributed by atoms with van der Waals surface area (Å²) in [5.41, 5.74) is 0.994. The number of fused-ring (bicyclic) bond motifs is 1. The van der Waals surface area contributed by atoms with Gasteiger partial charge in [-0.25, -0.2) is 4.39 Å². The Hall–Kier alpha value is -4.41. The van der Waals surface area contributed by atoms with E-state index in [2.05, 4.69) is 10.6 Å². The fraction of sp³-hybridized carbons (Fsp3) is 0.432. The van der Waals surface area contributed by atoms with Gasteiger partial charge in [0.1, 0.15) is 5.82 Å². The molecule has 3 aromatic rings. The molecule has 4 atom stereocenters. The maximum Gasteiger partial charge on any atom is 0.416 e. The molecule has 3 fully saturated rings. The number of nitrogens with one attached hydrogen (secondary N) is 2. The smallest absolute Gasteiger partial charge is 0.382 e. The van der Waals surface area contributed by atoms with Gasteiger partial charge < -0.3 is 20.4 Å². The molecule has 0 radical (unpaired) electrons. The van der Waals surface area contributed by atoms with Crippen LogP contribution in [0.1, 0.15) is 77.7 Å². The molecular formula is C37H40F4N4O3. The van der Waals surface area contributed by atoms with Crippen LogP contribution in [-0.4, -0.2) is 52.7 Å². The average molecular weight is 665 g/mol. The first-order chi connectivity index (χ1) is 22.8. The van der Waals surface area contributed by atoms with E-state index in [1.54, 1.807) is 22.8 Å². The molecule has 2 heterocycles. The minimum atomic E-state index is -4.61. The highest BCUT2D eigenvalue weighted by molar-refractivity contribution is 5.98. The van der Waals surface area contributed by atoms with Gasteiger partial charge in [-0.05, 0) is 86.1 Å². The number of aryl methyl sites for hydroxylation is 2. The maximum atomic E-state index is 15.4. The molecule has 11 heteroatoms. The number of carbonyl (C=O) groups is 3. The zero-order valence-corrected chi connectivity index (χ0v) is 27.2. The van der Waals surface area contributed by atoms with Crippen LogP contribution in [0.2, 0.25) is 0 Å². The Morgan fingerprint density at radius 2 is 1.56 bits per heavy atom. The molecule has 6 rings (SSSR count). The summed E-state index contributed by atoms with van der Waals surface area (Å²) < 4.78 is 56.7. The van der Waals surface area contributed by atoms with Crippen molar-refractivity contribution in [2.24, 2.45) is 11.8 Å². The van der Waals surface area contributed by atoms with E-state index < -0.39 is 47.4 Å². The predicted octanol–water partition coefficient (Wildman–Crippen LogP) is 7.50. The SMILES string of the molecule is CC(=O)N1CC2CC(C(=O)Nc3ccc(C)c(C(F)(F)F)c3)C(c3ccc(NC4CCCC4)cc3)N(C(=O)c3c(C)cccc3F)C2C1. The number of carbonyl (C=O) groups excluding carboxylic acids is 3. The molecule has 2 aliphatic heterocycles. The number of anilines is 2. The van der Waals surface area contributed by atoms with Crippen molar-refractivity contribution in [3.63, 3.8) is 0 Å². The van der Waals surface area contributed by atoms with Gasteiger partial charge in [0, 0.05) is 37.4 Å². The fourth-order valence-electron chi connectivity index (χ4n) is 7.79. The molecule has 0 aromatic heterocycles. The quantitative estimate of drug-likeness (QED) is 0.268. The van der Waals surface area contributed by atoms with Gasteiger partial charge in [0.05, 0.1) is 29.1 Å². The number of alkyl halides is 3. The first-order valence-electron chi connectivity index (χ1n) is 16.5. The number of piperidine rings is 1. The third-order valence-electron chi connectivity index (χ3n) is 10.2. The van der Waals surface area contributed by atoms with Crippen molar-refractivity contribution in [1.29, 1.82) is 0 Å². The minimum absolute atomic E-state index is 0.0190. The van der Waals surface area contributed by atoms with Gasteiger partial charge in [0.2, 0.25) is 11.8 Å². The summed E-state index contributed by atoms with van der Waals surface area (Å²) in [4.78, 5) is 44.6. The van der Waals surface area contributed by atoms with Gasteiger partial charge in [0.25, 0.3) is 5.91 Å². The van der Waals surface area contributed by atoms with Gasteiger partial charge in [-0.3, -0.25) is 14.4 Å². The molecule has 0 spiro atoms. The third kappa shape index (κ3) is 6.64. The second-order valence-electron chi connectivity index (χ2n) is 13.4. The molecule has 4 unspecified atom stereocenters. The van der Waals surface area contributed by atoms with Crippen molar-refractivity contribution in [3.05, 3.63) is 94.3 Å². The van der Waals surface area contributed by atoms with E-state index >= 15 is 4.39 Å². The molecule has 7 nitrogen and oxygen atoms in total. The normalized spacial score (nSPS) is 22.8. The Balaban J connectivity index is 1.43. The van der Waals surface area contributed by atoms with Crippen LogP contribution in [0.25, 0.3) is 0 Å². The van der Waals surface area contributed by atoms with E-state index in [-0.39, 0.29) is 41.6 Å². The number of hydrogen-bond acceptors (Lipinski definition) is 4. The number of halogens is 4. The van der Waals surface area contributed by atoms with Crippen LogP contribution in [0.3, 0.4) is 0 Å². The molecule has 254 valence electrons. The standard InChI is InChI=1S/C37H40F4N4O3/c1-21-11-14-28(18-30(21)37(39,40)41)43-35(47)29-17-25-19-44(23(3)46)20-32(25)45(36(48)33-22(2)7-6-10-31(33)38)34(29)24-12-15-27(16-13-24)42-26-8-4-5-9-26/h6-7,10-16,18,25-26,29,32,34,42H,4-5,8-9,17,19-20H2,1-3H3,(H,43,47). The van der Waals surface area contributed by atoms with Crippen LogP contribution < -0.4 is 10.6 Å². The zero-order chi connectivity index (χ0) is 34.3. The highest BCUT2D eigenvalue weighted by atomic mass is 19.4. The number of benzene rings is 3. The molecule has 3 amide bonds. The Morgan fingerprint density at radius 1 is 0.875 bits per heavy atom. The van der Waals surface area contributed by atoms with Gasteiger partial charge in [-0.1, -0.05) is 43.2 Å². The maximum absolute atomic E-state index is 15.4. The molecular weight excluding hydrogens is 624 g/mol. The summed E-state index contributed by atoms with van der Waals surface area (Å²) in [6.45, 7) is 4.96. The molecule has 0 bridgehead atoms. The molecule has 3 aromatic carbocycles. The number of likely N-dealkylation sites (tertiary alicyclic amines) is 2. The van der Waals surface area contributed by atoms with Crippen molar-refractivity contribution in [1.82, 2.24) is 9.80 Å². The van der Waals surface area contributed by atoms with E-state index in [9.17, 15) is 27.6 Å². The van der Waals surface area contributed by atoms with Gasteiger partial charge in [-0.15, -0.1) is 0 Å².